The number of anilines is 2. The van der Waals surface area contributed by atoms with Gasteiger partial charge >= 0.3 is 0 Å². The molecule has 0 aliphatic carbocycles. The molecule has 0 saturated heterocycles. The predicted octanol–water partition coefficient (Wildman–Crippen LogP) is 3.10. The molecule has 0 spiro atoms. The molecule has 2 rings (SSSR count). The molecular weight excluding hydrogens is 324 g/mol. The first-order valence-electron chi connectivity index (χ1n) is 7.63. The van der Waals surface area contributed by atoms with E-state index in [1.54, 1.807) is 37.3 Å². The van der Waals surface area contributed by atoms with Crippen molar-refractivity contribution in [3.63, 3.8) is 0 Å². The summed E-state index contributed by atoms with van der Waals surface area (Å²) in [7, 11) is -3.60. The number of aryl methyl sites for hydroxylation is 2. The quantitative estimate of drug-likeness (QED) is 0.905. The third kappa shape index (κ3) is 3.94. The Morgan fingerprint density at radius 1 is 1.00 bits per heavy atom. The van der Waals surface area contributed by atoms with Crippen LogP contribution in [0.4, 0.5) is 11.4 Å². The Balaban J connectivity index is 2.33. The summed E-state index contributed by atoms with van der Waals surface area (Å²) in [5.41, 5.74) is 3.04. The van der Waals surface area contributed by atoms with Crippen LogP contribution in [-0.4, -0.2) is 26.6 Å². The third-order valence-corrected chi connectivity index (χ3v) is 5.07. The van der Waals surface area contributed by atoms with Crippen molar-refractivity contribution in [1.82, 2.24) is 0 Å². The Kier molecular flexibility index (Phi) is 5.29. The summed E-state index contributed by atoms with van der Waals surface area (Å²) in [5.74, 6) is -0.373. The van der Waals surface area contributed by atoms with Crippen LogP contribution in [0.2, 0.25) is 0 Å². The Bertz CT molecular complexity index is 812. The van der Waals surface area contributed by atoms with Gasteiger partial charge in [0.05, 0.1) is 11.9 Å². The van der Waals surface area contributed by atoms with Crippen LogP contribution < -0.4 is 9.62 Å². The number of carbonyl (C=O) groups is 1. The topological polar surface area (TPSA) is 66.5 Å². The van der Waals surface area contributed by atoms with Gasteiger partial charge in [-0.15, -0.1) is 0 Å². The fourth-order valence-electron chi connectivity index (χ4n) is 2.62. The van der Waals surface area contributed by atoms with E-state index in [2.05, 4.69) is 5.32 Å². The molecular formula is C18H22N2O3S. The van der Waals surface area contributed by atoms with Crippen molar-refractivity contribution in [2.75, 3.05) is 15.9 Å². The average molecular weight is 346 g/mol. The number of sulfonamides is 1. The van der Waals surface area contributed by atoms with Crippen LogP contribution >= 0.6 is 0 Å². The first-order valence-corrected chi connectivity index (χ1v) is 9.48. The molecule has 2 aromatic carbocycles. The molecule has 6 heteroatoms. The van der Waals surface area contributed by atoms with Crippen LogP contribution in [0.15, 0.2) is 48.5 Å². The molecule has 1 N–H and O–H groups in total. The van der Waals surface area contributed by atoms with Gasteiger partial charge in [-0.05, 0) is 44.0 Å². The second-order valence-electron chi connectivity index (χ2n) is 5.83. The molecule has 0 fully saturated rings. The Labute approximate surface area is 143 Å². The van der Waals surface area contributed by atoms with Crippen molar-refractivity contribution in [1.29, 1.82) is 0 Å². The maximum Gasteiger partial charge on any atom is 0.248 e. The summed E-state index contributed by atoms with van der Waals surface area (Å²) in [6.45, 7) is 5.38. The van der Waals surface area contributed by atoms with Crippen molar-refractivity contribution >= 4 is 27.3 Å². The fourth-order valence-corrected chi connectivity index (χ4v) is 3.80. The number of hydrogen-bond acceptors (Lipinski definition) is 3. The van der Waals surface area contributed by atoms with E-state index < -0.39 is 16.1 Å². The van der Waals surface area contributed by atoms with Gasteiger partial charge in [0, 0.05) is 5.69 Å². The van der Waals surface area contributed by atoms with Gasteiger partial charge in [-0.1, -0.05) is 36.4 Å². The van der Waals surface area contributed by atoms with Gasteiger partial charge in [-0.3, -0.25) is 9.10 Å². The van der Waals surface area contributed by atoms with Crippen LogP contribution in [0, 0.1) is 13.8 Å². The highest BCUT2D eigenvalue weighted by Gasteiger charge is 2.29. The molecule has 0 aliphatic heterocycles. The molecule has 0 aliphatic rings. The van der Waals surface area contributed by atoms with Crippen LogP contribution in [0.1, 0.15) is 18.1 Å². The fraction of sp³-hybridized carbons (Fsp3) is 0.278. The lowest BCUT2D eigenvalue weighted by Gasteiger charge is -2.28. The summed E-state index contributed by atoms with van der Waals surface area (Å²) in [6, 6.07) is 13.5. The molecule has 0 heterocycles. The van der Waals surface area contributed by atoms with Gasteiger partial charge in [-0.25, -0.2) is 8.42 Å². The molecule has 2 aromatic rings. The lowest BCUT2D eigenvalue weighted by molar-refractivity contribution is -0.116. The van der Waals surface area contributed by atoms with Crippen LogP contribution in [0.5, 0.6) is 0 Å². The normalized spacial score (nSPS) is 12.5. The average Bonchev–Trinajstić information content (AvgIpc) is 2.50. The highest BCUT2D eigenvalue weighted by molar-refractivity contribution is 7.92. The SMILES string of the molecule is Cc1cccc(C)c1NC(=O)[C@@H](C)N(c1ccccc1)S(C)(=O)=O. The molecule has 1 atom stereocenters. The van der Waals surface area contributed by atoms with Gasteiger partial charge in [-0.2, -0.15) is 0 Å². The molecule has 0 unspecified atom stereocenters. The molecule has 128 valence electrons. The number of nitrogens with one attached hydrogen (secondary N) is 1. The minimum absolute atomic E-state index is 0.373. The van der Waals surface area contributed by atoms with Crippen molar-refractivity contribution in [3.05, 3.63) is 59.7 Å². The number of rotatable bonds is 5. The van der Waals surface area contributed by atoms with Crippen LogP contribution in [0.25, 0.3) is 0 Å². The Morgan fingerprint density at radius 2 is 1.54 bits per heavy atom. The molecule has 0 radical (unpaired) electrons. The lowest BCUT2D eigenvalue weighted by Crippen LogP contribution is -2.45. The van der Waals surface area contributed by atoms with Crippen LogP contribution in [-0.2, 0) is 14.8 Å². The largest absolute Gasteiger partial charge is 0.324 e. The number of carbonyl (C=O) groups excluding carboxylic acids is 1. The predicted molar refractivity (Wildman–Crippen MR) is 97.8 cm³/mol. The van der Waals surface area contributed by atoms with Crippen molar-refractivity contribution in [3.8, 4) is 0 Å². The van der Waals surface area contributed by atoms with Crippen molar-refractivity contribution < 1.29 is 13.2 Å². The van der Waals surface area contributed by atoms with Crippen molar-refractivity contribution in [2.24, 2.45) is 0 Å². The molecule has 0 aromatic heterocycles. The van der Waals surface area contributed by atoms with Gasteiger partial charge < -0.3 is 5.32 Å². The first-order chi connectivity index (χ1) is 11.2. The molecule has 1 amide bonds. The van der Waals surface area contributed by atoms with E-state index in [4.69, 9.17) is 0 Å². The van der Waals surface area contributed by atoms with Crippen LogP contribution in [0.3, 0.4) is 0 Å². The van der Waals surface area contributed by atoms with E-state index >= 15 is 0 Å². The van der Waals surface area contributed by atoms with E-state index in [1.807, 2.05) is 32.0 Å². The summed E-state index contributed by atoms with van der Waals surface area (Å²) >= 11 is 0. The first kappa shape index (κ1) is 18.0. The monoisotopic (exact) mass is 346 g/mol. The summed E-state index contributed by atoms with van der Waals surface area (Å²) < 4.78 is 25.6. The second-order valence-corrected chi connectivity index (χ2v) is 7.69. The summed E-state index contributed by atoms with van der Waals surface area (Å²) in [5, 5.41) is 2.86. The molecule has 0 saturated carbocycles. The minimum Gasteiger partial charge on any atom is -0.324 e. The number of nitrogens with zero attached hydrogens (tertiary/aromatic N) is 1. The molecule has 0 bridgehead atoms. The number of amides is 1. The summed E-state index contributed by atoms with van der Waals surface area (Å²) in [6.07, 6.45) is 1.10. The lowest BCUT2D eigenvalue weighted by atomic mass is 10.1. The zero-order chi connectivity index (χ0) is 17.9. The highest BCUT2D eigenvalue weighted by Crippen LogP contribution is 2.23. The Morgan fingerprint density at radius 3 is 2.04 bits per heavy atom. The number of benzene rings is 2. The van der Waals surface area contributed by atoms with Gasteiger partial charge in [0.25, 0.3) is 0 Å². The maximum atomic E-state index is 12.7. The van der Waals surface area contributed by atoms with Gasteiger partial charge in [0.2, 0.25) is 15.9 Å². The standard InChI is InChI=1S/C18H22N2O3S/c1-13-9-8-10-14(2)17(13)19-18(21)15(3)20(24(4,22)23)16-11-6-5-7-12-16/h5-12,15H,1-4H3,(H,19,21)/t15-/m1/s1. The third-order valence-electron chi connectivity index (χ3n) is 3.83. The highest BCUT2D eigenvalue weighted by atomic mass is 32.2. The number of para-hydroxylation sites is 2. The van der Waals surface area contributed by atoms with E-state index in [0.29, 0.717) is 5.69 Å². The number of hydrogen-bond donors (Lipinski definition) is 1. The minimum atomic E-state index is -3.60. The van der Waals surface area contributed by atoms with E-state index in [1.165, 1.54) is 0 Å². The Hall–Kier alpha value is -2.34. The summed E-state index contributed by atoms with van der Waals surface area (Å²) in [4.78, 5) is 12.7. The van der Waals surface area contributed by atoms with E-state index in [0.717, 1.165) is 27.4 Å². The zero-order valence-corrected chi connectivity index (χ0v) is 15.1. The zero-order valence-electron chi connectivity index (χ0n) is 14.3. The van der Waals surface area contributed by atoms with Gasteiger partial charge in [0.1, 0.15) is 6.04 Å². The van der Waals surface area contributed by atoms with E-state index in [-0.39, 0.29) is 5.91 Å². The van der Waals surface area contributed by atoms with Gasteiger partial charge in [0.15, 0.2) is 0 Å². The van der Waals surface area contributed by atoms with Crippen molar-refractivity contribution in [2.45, 2.75) is 26.8 Å². The molecule has 5 nitrogen and oxygen atoms in total. The second kappa shape index (κ2) is 7.05. The maximum absolute atomic E-state index is 12.7. The molecule has 24 heavy (non-hydrogen) atoms. The smallest absolute Gasteiger partial charge is 0.248 e. The van der Waals surface area contributed by atoms with E-state index in [9.17, 15) is 13.2 Å².